The maximum atomic E-state index is 12.2. The molecule has 1 aliphatic heterocycles. The number of carbonyl (C=O) groups is 2. The van der Waals surface area contributed by atoms with Gasteiger partial charge in [-0.15, -0.1) is 0 Å². The Morgan fingerprint density at radius 3 is 2.28 bits per heavy atom. The fourth-order valence-corrected chi connectivity index (χ4v) is 2.47. The number of nitrogens with one attached hydrogen (secondary N) is 1. The van der Waals surface area contributed by atoms with Crippen LogP contribution in [0.3, 0.4) is 0 Å². The van der Waals surface area contributed by atoms with E-state index in [1.807, 2.05) is 13.8 Å². The van der Waals surface area contributed by atoms with Crippen molar-refractivity contribution in [1.82, 2.24) is 10.2 Å². The molecule has 0 aliphatic carbocycles. The molecule has 0 aromatic rings. The summed E-state index contributed by atoms with van der Waals surface area (Å²) in [7, 11) is 0. The van der Waals surface area contributed by atoms with Crippen LogP contribution in [0.5, 0.6) is 0 Å². The van der Waals surface area contributed by atoms with Crippen LogP contribution >= 0.6 is 0 Å². The van der Waals surface area contributed by atoms with E-state index >= 15 is 0 Å². The lowest BCUT2D eigenvalue weighted by Gasteiger charge is -2.25. The molecule has 0 aromatic heterocycles. The number of hydrogen-bond donors (Lipinski definition) is 1. The number of likely N-dealkylation sites (tertiary alicyclic amines) is 1. The molecule has 1 aliphatic rings. The molecule has 104 valence electrons. The van der Waals surface area contributed by atoms with Gasteiger partial charge in [0.05, 0.1) is 12.5 Å². The molecule has 0 saturated carbocycles. The maximum absolute atomic E-state index is 12.2. The maximum Gasteiger partial charge on any atom is 0.247 e. The van der Waals surface area contributed by atoms with Crippen LogP contribution in [0.25, 0.3) is 0 Å². The molecule has 4 nitrogen and oxygen atoms in total. The molecule has 4 heteroatoms. The Balaban J connectivity index is 2.71. The molecule has 1 heterocycles. The average Bonchev–Trinajstić information content (AvgIpc) is 2.60. The minimum atomic E-state index is -0.321. The minimum absolute atomic E-state index is 0.0101. The zero-order valence-electron chi connectivity index (χ0n) is 12.2. The van der Waals surface area contributed by atoms with Crippen molar-refractivity contribution in [1.29, 1.82) is 0 Å². The second kappa shape index (κ2) is 6.32. The van der Waals surface area contributed by atoms with Gasteiger partial charge in [-0.3, -0.25) is 14.5 Å². The third-order valence-electron chi connectivity index (χ3n) is 3.87. The molecular weight excluding hydrogens is 228 g/mol. The van der Waals surface area contributed by atoms with Crippen LogP contribution in [0.1, 0.15) is 53.9 Å². The molecule has 2 amide bonds. The minimum Gasteiger partial charge on any atom is -0.302 e. The summed E-state index contributed by atoms with van der Waals surface area (Å²) in [5.41, 5.74) is 0. The SMILES string of the molecule is CCC(NC1CC(=O)N(C(C)CC)C1=O)C(C)C. The first-order chi connectivity index (χ1) is 8.42. The molecule has 0 aromatic carbocycles. The Morgan fingerprint density at radius 1 is 1.22 bits per heavy atom. The molecule has 18 heavy (non-hydrogen) atoms. The molecule has 3 atom stereocenters. The summed E-state index contributed by atoms with van der Waals surface area (Å²) in [6.45, 7) is 10.3. The second-order valence-electron chi connectivity index (χ2n) is 5.54. The van der Waals surface area contributed by atoms with Gasteiger partial charge in [0.1, 0.15) is 0 Å². The van der Waals surface area contributed by atoms with E-state index in [1.165, 1.54) is 4.90 Å². The highest BCUT2D eigenvalue weighted by atomic mass is 16.2. The molecular formula is C14H26N2O2. The van der Waals surface area contributed by atoms with E-state index in [1.54, 1.807) is 0 Å². The molecule has 0 bridgehead atoms. The van der Waals surface area contributed by atoms with Crippen molar-refractivity contribution >= 4 is 11.8 Å². The summed E-state index contributed by atoms with van der Waals surface area (Å²) in [5, 5.41) is 3.34. The molecule has 1 rings (SSSR count). The lowest BCUT2D eigenvalue weighted by molar-refractivity contribution is -0.141. The van der Waals surface area contributed by atoms with E-state index in [0.29, 0.717) is 18.4 Å². The first kappa shape index (κ1) is 15.2. The van der Waals surface area contributed by atoms with Crippen LogP contribution in [-0.4, -0.2) is 34.8 Å². The summed E-state index contributed by atoms with van der Waals surface area (Å²) < 4.78 is 0. The zero-order chi connectivity index (χ0) is 13.9. The highest BCUT2D eigenvalue weighted by Gasteiger charge is 2.41. The fourth-order valence-electron chi connectivity index (χ4n) is 2.47. The molecule has 1 N–H and O–H groups in total. The van der Waals surface area contributed by atoms with E-state index in [9.17, 15) is 9.59 Å². The average molecular weight is 254 g/mol. The number of carbonyl (C=O) groups excluding carboxylic acids is 2. The second-order valence-corrected chi connectivity index (χ2v) is 5.54. The van der Waals surface area contributed by atoms with Crippen LogP contribution in [0.4, 0.5) is 0 Å². The van der Waals surface area contributed by atoms with Crippen LogP contribution in [0, 0.1) is 5.92 Å². The van der Waals surface area contributed by atoms with E-state index < -0.39 is 0 Å². The Kier molecular flexibility index (Phi) is 5.32. The van der Waals surface area contributed by atoms with Crippen molar-refractivity contribution in [3.63, 3.8) is 0 Å². The summed E-state index contributed by atoms with van der Waals surface area (Å²) in [4.78, 5) is 25.6. The van der Waals surface area contributed by atoms with Gasteiger partial charge in [-0.05, 0) is 25.7 Å². The lowest BCUT2D eigenvalue weighted by Crippen LogP contribution is -2.47. The van der Waals surface area contributed by atoms with Gasteiger partial charge in [0.15, 0.2) is 0 Å². The number of imide groups is 1. The highest BCUT2D eigenvalue weighted by molar-refractivity contribution is 6.05. The van der Waals surface area contributed by atoms with Gasteiger partial charge in [-0.2, -0.15) is 0 Å². The Morgan fingerprint density at radius 2 is 1.83 bits per heavy atom. The van der Waals surface area contributed by atoms with Gasteiger partial charge < -0.3 is 5.32 Å². The van der Waals surface area contributed by atoms with Crippen LogP contribution in [0.2, 0.25) is 0 Å². The largest absolute Gasteiger partial charge is 0.302 e. The quantitative estimate of drug-likeness (QED) is 0.737. The van der Waals surface area contributed by atoms with Crippen molar-refractivity contribution in [3.05, 3.63) is 0 Å². The first-order valence-corrected chi connectivity index (χ1v) is 7.04. The van der Waals surface area contributed by atoms with Crippen molar-refractivity contribution in [3.8, 4) is 0 Å². The highest BCUT2D eigenvalue weighted by Crippen LogP contribution is 2.19. The van der Waals surface area contributed by atoms with E-state index in [0.717, 1.165) is 12.8 Å². The van der Waals surface area contributed by atoms with Crippen LogP contribution in [-0.2, 0) is 9.59 Å². The Hall–Kier alpha value is -0.900. The van der Waals surface area contributed by atoms with Gasteiger partial charge >= 0.3 is 0 Å². The third-order valence-corrected chi connectivity index (χ3v) is 3.87. The number of nitrogens with zero attached hydrogens (tertiary/aromatic N) is 1. The van der Waals surface area contributed by atoms with Crippen molar-refractivity contribution < 1.29 is 9.59 Å². The van der Waals surface area contributed by atoms with Gasteiger partial charge in [0.2, 0.25) is 11.8 Å². The summed E-state index contributed by atoms with van der Waals surface area (Å²) in [6, 6.07) is -0.0154. The third kappa shape index (κ3) is 3.10. The molecule has 0 radical (unpaired) electrons. The number of amides is 2. The molecule has 3 unspecified atom stereocenters. The van der Waals surface area contributed by atoms with Gasteiger partial charge in [0.25, 0.3) is 0 Å². The fraction of sp³-hybridized carbons (Fsp3) is 0.857. The van der Waals surface area contributed by atoms with Gasteiger partial charge in [0, 0.05) is 12.1 Å². The molecule has 1 fully saturated rings. The smallest absolute Gasteiger partial charge is 0.247 e. The van der Waals surface area contributed by atoms with Crippen molar-refractivity contribution in [2.75, 3.05) is 0 Å². The summed E-state index contributed by atoms with van der Waals surface area (Å²) >= 11 is 0. The summed E-state index contributed by atoms with van der Waals surface area (Å²) in [6.07, 6.45) is 2.09. The monoisotopic (exact) mass is 254 g/mol. The van der Waals surface area contributed by atoms with Gasteiger partial charge in [-0.25, -0.2) is 0 Å². The van der Waals surface area contributed by atoms with E-state index in [4.69, 9.17) is 0 Å². The molecule has 1 saturated heterocycles. The van der Waals surface area contributed by atoms with Gasteiger partial charge in [-0.1, -0.05) is 27.7 Å². The van der Waals surface area contributed by atoms with E-state index in [-0.39, 0.29) is 23.9 Å². The Labute approximate surface area is 110 Å². The van der Waals surface area contributed by atoms with Crippen LogP contribution in [0.15, 0.2) is 0 Å². The topological polar surface area (TPSA) is 49.4 Å². The van der Waals surface area contributed by atoms with Crippen molar-refractivity contribution in [2.45, 2.75) is 72.0 Å². The zero-order valence-corrected chi connectivity index (χ0v) is 12.2. The Bertz CT molecular complexity index is 315. The predicted octanol–water partition coefficient (Wildman–Crippen LogP) is 1.94. The van der Waals surface area contributed by atoms with E-state index in [2.05, 4.69) is 26.1 Å². The van der Waals surface area contributed by atoms with Crippen molar-refractivity contribution in [2.24, 2.45) is 5.92 Å². The predicted molar refractivity (Wildman–Crippen MR) is 72.1 cm³/mol. The normalized spacial score (nSPS) is 23.9. The molecule has 0 spiro atoms. The lowest BCUT2D eigenvalue weighted by atomic mass is 10.0. The first-order valence-electron chi connectivity index (χ1n) is 7.04. The standard InChI is InChI=1S/C14H26N2O2/c1-6-10(5)16-13(17)8-12(14(16)18)15-11(7-2)9(3)4/h9-12,15H,6-8H2,1-5H3. The number of rotatable bonds is 6. The van der Waals surface area contributed by atoms with Crippen LogP contribution < -0.4 is 5.32 Å². The number of hydrogen-bond acceptors (Lipinski definition) is 3. The summed E-state index contributed by atoms with van der Waals surface area (Å²) in [5.74, 6) is 0.384.